The molecule has 0 unspecified atom stereocenters. The summed E-state index contributed by atoms with van der Waals surface area (Å²) < 4.78 is 10.5. The molecule has 2 aromatic rings. The molecule has 128 valence electrons. The fourth-order valence-corrected chi connectivity index (χ4v) is 2.51. The quantitative estimate of drug-likeness (QED) is 0.759. The highest BCUT2D eigenvalue weighted by molar-refractivity contribution is 6.07. The van der Waals surface area contributed by atoms with E-state index in [1.807, 2.05) is 60.7 Å². The van der Waals surface area contributed by atoms with Gasteiger partial charge in [0.1, 0.15) is 6.61 Å². The normalized spacial score (nSPS) is 19.2. The van der Waals surface area contributed by atoms with Crippen molar-refractivity contribution in [1.29, 1.82) is 0 Å². The van der Waals surface area contributed by atoms with Gasteiger partial charge in [-0.05, 0) is 31.0 Å². The van der Waals surface area contributed by atoms with E-state index in [4.69, 9.17) is 9.47 Å². The Morgan fingerprint density at radius 2 is 1.72 bits per heavy atom. The second kappa shape index (κ2) is 7.30. The first-order chi connectivity index (χ1) is 12.1. The number of carbonyl (C=O) groups excluding carboxylic acids is 2. The molecule has 5 nitrogen and oxygen atoms in total. The van der Waals surface area contributed by atoms with Gasteiger partial charge >= 0.3 is 11.9 Å². The minimum absolute atomic E-state index is 0.101. The maximum Gasteiger partial charge on any atom is 0.340 e. The largest absolute Gasteiger partial charge is 0.461 e. The first kappa shape index (κ1) is 16.9. The minimum Gasteiger partial charge on any atom is -0.461 e. The highest BCUT2D eigenvalue weighted by Gasteiger charge is 2.42. The van der Waals surface area contributed by atoms with E-state index in [9.17, 15) is 9.59 Å². The molecule has 0 bridgehead atoms. The summed E-state index contributed by atoms with van der Waals surface area (Å²) in [6.45, 7) is 1.90. The van der Waals surface area contributed by atoms with Crippen molar-refractivity contribution >= 4 is 17.8 Å². The lowest BCUT2D eigenvalue weighted by Crippen LogP contribution is -2.30. The van der Waals surface area contributed by atoms with Gasteiger partial charge < -0.3 is 9.47 Å². The molecule has 0 aliphatic carbocycles. The third-order valence-corrected chi connectivity index (χ3v) is 4.06. The number of hydrogen-bond acceptors (Lipinski definition) is 5. The average Bonchev–Trinajstić information content (AvgIpc) is 2.95. The maximum absolute atomic E-state index is 12.2. The molecule has 0 fully saturated rings. The minimum atomic E-state index is -1.06. The summed E-state index contributed by atoms with van der Waals surface area (Å²) in [6.07, 6.45) is 0.347. The molecule has 3 rings (SSSR count). The van der Waals surface area contributed by atoms with Crippen molar-refractivity contribution in [1.82, 2.24) is 0 Å². The SMILES string of the molecule is C[C@@]1(CCC(=O)OCc2ccccc2)N=C(c2ccccc2)OC1=O. The van der Waals surface area contributed by atoms with Crippen molar-refractivity contribution in [2.75, 3.05) is 0 Å². The van der Waals surface area contributed by atoms with Gasteiger partial charge in [0.05, 0.1) is 0 Å². The van der Waals surface area contributed by atoms with Crippen LogP contribution in [0.4, 0.5) is 0 Å². The number of carbonyl (C=O) groups is 2. The summed E-state index contributed by atoms with van der Waals surface area (Å²) in [6, 6.07) is 18.7. The number of esters is 2. The van der Waals surface area contributed by atoms with Crippen molar-refractivity contribution in [3.63, 3.8) is 0 Å². The number of aliphatic imine (C=N–C) groups is 1. The molecule has 0 aromatic heterocycles. The summed E-state index contributed by atoms with van der Waals surface area (Å²) in [5.41, 5.74) is 0.606. The monoisotopic (exact) mass is 337 g/mol. The molecule has 0 amide bonds. The lowest BCUT2D eigenvalue weighted by Gasteiger charge is -2.15. The van der Waals surface area contributed by atoms with Crippen LogP contribution in [0, 0.1) is 0 Å². The highest BCUT2D eigenvalue weighted by Crippen LogP contribution is 2.27. The third-order valence-electron chi connectivity index (χ3n) is 4.06. The standard InChI is InChI=1S/C20H19NO4/c1-20(13-12-17(22)24-14-15-8-4-2-5-9-15)19(23)25-18(21-20)16-10-6-3-7-11-16/h2-11H,12-14H2,1H3/t20-/m0/s1. The van der Waals surface area contributed by atoms with E-state index in [-0.39, 0.29) is 25.4 Å². The zero-order valence-corrected chi connectivity index (χ0v) is 14.0. The van der Waals surface area contributed by atoms with Gasteiger partial charge in [0.15, 0.2) is 5.54 Å². The number of rotatable bonds is 6. The third kappa shape index (κ3) is 4.12. The van der Waals surface area contributed by atoms with Crippen LogP contribution < -0.4 is 0 Å². The van der Waals surface area contributed by atoms with E-state index in [2.05, 4.69) is 4.99 Å². The Morgan fingerprint density at radius 3 is 2.40 bits per heavy atom. The Balaban J connectivity index is 1.57. The van der Waals surface area contributed by atoms with Gasteiger partial charge in [0.2, 0.25) is 5.90 Å². The smallest absolute Gasteiger partial charge is 0.340 e. The summed E-state index contributed by atoms with van der Waals surface area (Å²) in [5.74, 6) is -0.505. The summed E-state index contributed by atoms with van der Waals surface area (Å²) in [5, 5.41) is 0. The summed E-state index contributed by atoms with van der Waals surface area (Å²) >= 11 is 0. The number of cyclic esters (lactones) is 1. The second-order valence-electron chi connectivity index (χ2n) is 6.09. The topological polar surface area (TPSA) is 65.0 Å². The zero-order chi connectivity index (χ0) is 17.7. The van der Waals surface area contributed by atoms with Crippen LogP contribution in [0.2, 0.25) is 0 Å². The number of nitrogens with zero attached hydrogens (tertiary/aromatic N) is 1. The first-order valence-electron chi connectivity index (χ1n) is 8.14. The molecule has 1 heterocycles. The molecule has 0 radical (unpaired) electrons. The first-order valence-corrected chi connectivity index (χ1v) is 8.14. The lowest BCUT2D eigenvalue weighted by molar-refractivity contribution is -0.146. The van der Waals surface area contributed by atoms with Gasteiger partial charge in [-0.25, -0.2) is 9.79 Å². The Morgan fingerprint density at radius 1 is 1.08 bits per heavy atom. The van der Waals surface area contributed by atoms with Gasteiger partial charge in [0, 0.05) is 12.0 Å². The van der Waals surface area contributed by atoms with E-state index in [0.29, 0.717) is 5.90 Å². The molecule has 1 aliphatic rings. The maximum atomic E-state index is 12.2. The van der Waals surface area contributed by atoms with E-state index < -0.39 is 11.5 Å². The zero-order valence-electron chi connectivity index (χ0n) is 14.0. The van der Waals surface area contributed by atoms with Crippen LogP contribution in [0.1, 0.15) is 30.9 Å². The molecule has 1 atom stereocenters. The Kier molecular flexibility index (Phi) is 4.93. The molecular weight excluding hydrogens is 318 g/mol. The predicted octanol–water partition coefficient (Wildman–Crippen LogP) is 3.27. The molecule has 0 saturated heterocycles. The van der Waals surface area contributed by atoms with E-state index in [1.165, 1.54) is 0 Å². The second-order valence-corrected chi connectivity index (χ2v) is 6.09. The van der Waals surface area contributed by atoms with Crippen molar-refractivity contribution in [2.24, 2.45) is 4.99 Å². The van der Waals surface area contributed by atoms with Crippen LogP contribution in [0.3, 0.4) is 0 Å². The molecule has 0 spiro atoms. The predicted molar refractivity (Wildman–Crippen MR) is 92.9 cm³/mol. The Hall–Kier alpha value is -2.95. The van der Waals surface area contributed by atoms with Crippen LogP contribution in [0.5, 0.6) is 0 Å². The molecule has 1 aliphatic heterocycles. The van der Waals surface area contributed by atoms with Gasteiger partial charge in [-0.2, -0.15) is 0 Å². The summed E-state index contributed by atoms with van der Waals surface area (Å²) in [4.78, 5) is 28.5. The van der Waals surface area contributed by atoms with E-state index >= 15 is 0 Å². The van der Waals surface area contributed by atoms with Crippen molar-refractivity contribution in [3.05, 3.63) is 71.8 Å². The molecular formula is C20H19NO4. The molecule has 2 aromatic carbocycles. The van der Waals surface area contributed by atoms with Gasteiger partial charge in [0.25, 0.3) is 0 Å². The van der Waals surface area contributed by atoms with Crippen LogP contribution in [-0.2, 0) is 25.7 Å². The van der Waals surface area contributed by atoms with Gasteiger partial charge in [-0.1, -0.05) is 48.5 Å². The average molecular weight is 337 g/mol. The van der Waals surface area contributed by atoms with Crippen molar-refractivity contribution < 1.29 is 19.1 Å². The summed E-state index contributed by atoms with van der Waals surface area (Å²) in [7, 11) is 0. The van der Waals surface area contributed by atoms with Gasteiger partial charge in [-0.3, -0.25) is 4.79 Å². The van der Waals surface area contributed by atoms with Gasteiger partial charge in [-0.15, -0.1) is 0 Å². The number of hydrogen-bond donors (Lipinski definition) is 0. The van der Waals surface area contributed by atoms with Crippen LogP contribution in [-0.4, -0.2) is 23.4 Å². The Bertz CT molecular complexity index is 786. The van der Waals surface area contributed by atoms with Crippen molar-refractivity contribution in [3.8, 4) is 0 Å². The number of benzene rings is 2. The fraction of sp³-hybridized carbons (Fsp3) is 0.250. The van der Waals surface area contributed by atoms with Crippen LogP contribution in [0.25, 0.3) is 0 Å². The molecule has 25 heavy (non-hydrogen) atoms. The molecule has 5 heteroatoms. The Labute approximate surface area is 146 Å². The molecule has 0 N–H and O–H groups in total. The van der Waals surface area contributed by atoms with E-state index in [0.717, 1.165) is 11.1 Å². The lowest BCUT2D eigenvalue weighted by atomic mass is 9.97. The van der Waals surface area contributed by atoms with E-state index in [1.54, 1.807) is 6.92 Å². The molecule has 0 saturated carbocycles. The van der Waals surface area contributed by atoms with Crippen molar-refractivity contribution in [2.45, 2.75) is 31.9 Å². The highest BCUT2D eigenvalue weighted by atomic mass is 16.6. The van der Waals surface area contributed by atoms with Crippen LogP contribution in [0.15, 0.2) is 65.7 Å². The number of ether oxygens (including phenoxy) is 2. The fourth-order valence-electron chi connectivity index (χ4n) is 2.51. The van der Waals surface area contributed by atoms with Crippen LogP contribution >= 0.6 is 0 Å².